The van der Waals surface area contributed by atoms with E-state index in [1.54, 1.807) is 6.92 Å². The van der Waals surface area contributed by atoms with Crippen molar-refractivity contribution in [1.29, 1.82) is 0 Å². The highest BCUT2D eigenvalue weighted by molar-refractivity contribution is 5.24. The van der Waals surface area contributed by atoms with Crippen molar-refractivity contribution in [2.45, 2.75) is 114 Å². The molecule has 3 aliphatic rings. The predicted octanol–water partition coefficient (Wildman–Crippen LogP) is -1.07. The first kappa shape index (κ1) is 28.9. The average molecular weight is 507 g/mol. The summed E-state index contributed by atoms with van der Waals surface area (Å²) in [5.41, 5.74) is 0.386. The van der Waals surface area contributed by atoms with Crippen molar-refractivity contribution in [2.24, 2.45) is 5.41 Å². The van der Waals surface area contributed by atoms with E-state index in [0.29, 0.717) is 19.3 Å². The molecule has 0 unspecified atom stereocenters. The van der Waals surface area contributed by atoms with E-state index >= 15 is 0 Å². The minimum atomic E-state index is -1.86. The van der Waals surface area contributed by atoms with Crippen LogP contribution in [-0.4, -0.2) is 116 Å². The Morgan fingerprint density at radius 2 is 1.77 bits per heavy atom. The van der Waals surface area contributed by atoms with Gasteiger partial charge >= 0.3 is 0 Å². The summed E-state index contributed by atoms with van der Waals surface area (Å²) in [6, 6.07) is 0. The molecular weight excluding hydrogens is 464 g/mol. The monoisotopic (exact) mass is 506 g/mol. The maximum Gasteiger partial charge on any atom is 0.186 e. The van der Waals surface area contributed by atoms with Gasteiger partial charge in [-0.1, -0.05) is 25.0 Å². The molecule has 11 nitrogen and oxygen atoms in total. The zero-order chi connectivity index (χ0) is 26.1. The van der Waals surface area contributed by atoms with Crippen molar-refractivity contribution in [1.82, 2.24) is 0 Å². The summed E-state index contributed by atoms with van der Waals surface area (Å²) in [5.74, 6) is 0. The molecule has 10 atom stereocenters. The van der Waals surface area contributed by atoms with E-state index in [1.807, 2.05) is 6.92 Å². The predicted molar refractivity (Wildman–Crippen MR) is 122 cm³/mol. The van der Waals surface area contributed by atoms with Crippen LogP contribution in [0.5, 0.6) is 0 Å². The highest BCUT2D eigenvalue weighted by Gasteiger charge is 2.50. The Bertz CT molecular complexity index is 741. The number of aliphatic hydroxyl groups is 7. The van der Waals surface area contributed by atoms with Gasteiger partial charge in [0, 0.05) is 0 Å². The SMILES string of the molecule is CC1=C(CC[C@@H](C)O)C(C)(C)C[C@H](O[C@@H]2O[C@H](CO[C@@H]3OC[C@](O)(CO)[C@H]3O)[C@@H](O)[C@H](O)[C@H]2O)C1. The van der Waals surface area contributed by atoms with Gasteiger partial charge in [0.1, 0.15) is 36.1 Å². The van der Waals surface area contributed by atoms with E-state index in [-0.39, 0.29) is 30.8 Å². The Morgan fingerprint density at radius 1 is 1.09 bits per heavy atom. The second-order valence-electron chi connectivity index (χ2n) is 10.9. The van der Waals surface area contributed by atoms with Crippen molar-refractivity contribution in [3.8, 4) is 0 Å². The standard InChI is InChI=1S/C24H42O11/c1-12-7-14(8-23(3,4)15(12)6-5-13(2)26)34-21-19(29)18(28)17(27)16(35-21)9-32-22-20(30)24(31,10-25)11-33-22/h13-14,16-22,25-31H,5-11H2,1-4H3/t13-,14-,16-,17-,18+,19-,20+,21-,22-,24-/m1/s1. The maximum absolute atomic E-state index is 10.5. The smallest absolute Gasteiger partial charge is 0.186 e. The lowest BCUT2D eigenvalue weighted by molar-refractivity contribution is -0.320. The quantitative estimate of drug-likeness (QED) is 0.189. The van der Waals surface area contributed by atoms with Crippen molar-refractivity contribution >= 4 is 0 Å². The van der Waals surface area contributed by atoms with Crippen LogP contribution in [-0.2, 0) is 18.9 Å². The number of ether oxygens (including phenoxy) is 4. The van der Waals surface area contributed by atoms with Crippen molar-refractivity contribution in [2.75, 3.05) is 19.8 Å². The van der Waals surface area contributed by atoms with Gasteiger partial charge in [-0.2, -0.15) is 0 Å². The summed E-state index contributed by atoms with van der Waals surface area (Å²) in [6.07, 6.45) is -7.61. The summed E-state index contributed by atoms with van der Waals surface area (Å²) in [4.78, 5) is 0. The summed E-state index contributed by atoms with van der Waals surface area (Å²) in [7, 11) is 0. The lowest BCUT2D eigenvalue weighted by Crippen LogP contribution is -2.60. The molecule has 0 aromatic heterocycles. The van der Waals surface area contributed by atoms with Crippen LogP contribution in [0.15, 0.2) is 11.1 Å². The molecule has 204 valence electrons. The molecule has 0 amide bonds. The molecule has 7 N–H and O–H groups in total. The summed E-state index contributed by atoms with van der Waals surface area (Å²) in [5, 5.41) is 70.4. The summed E-state index contributed by atoms with van der Waals surface area (Å²) < 4.78 is 22.5. The highest BCUT2D eigenvalue weighted by Crippen LogP contribution is 2.44. The lowest BCUT2D eigenvalue weighted by Gasteiger charge is -2.44. The van der Waals surface area contributed by atoms with Gasteiger partial charge in [0.2, 0.25) is 0 Å². The van der Waals surface area contributed by atoms with Gasteiger partial charge in [-0.15, -0.1) is 0 Å². The molecular formula is C24H42O11. The van der Waals surface area contributed by atoms with E-state index in [1.165, 1.54) is 5.57 Å². The number of rotatable bonds is 9. The van der Waals surface area contributed by atoms with Crippen molar-refractivity contribution in [3.63, 3.8) is 0 Å². The first-order valence-corrected chi connectivity index (χ1v) is 12.3. The third-order valence-electron chi connectivity index (χ3n) is 7.42. The molecule has 0 spiro atoms. The first-order chi connectivity index (χ1) is 16.3. The lowest BCUT2D eigenvalue weighted by atomic mass is 9.70. The number of hydrogen-bond donors (Lipinski definition) is 7. The number of allylic oxidation sites excluding steroid dienone is 1. The van der Waals surface area contributed by atoms with Gasteiger partial charge in [0.15, 0.2) is 12.6 Å². The fraction of sp³-hybridized carbons (Fsp3) is 0.917. The van der Waals surface area contributed by atoms with Crippen LogP contribution in [0.2, 0.25) is 0 Å². The molecule has 0 saturated carbocycles. The van der Waals surface area contributed by atoms with Gasteiger partial charge in [-0.3, -0.25) is 0 Å². The van der Waals surface area contributed by atoms with Crippen LogP contribution >= 0.6 is 0 Å². The molecule has 11 heteroatoms. The van der Waals surface area contributed by atoms with E-state index in [4.69, 9.17) is 18.9 Å². The minimum Gasteiger partial charge on any atom is -0.393 e. The molecule has 1 aliphatic carbocycles. The van der Waals surface area contributed by atoms with Crippen LogP contribution in [0.1, 0.15) is 53.4 Å². The Balaban J connectivity index is 1.62. The molecule has 0 radical (unpaired) electrons. The highest BCUT2D eigenvalue weighted by atomic mass is 16.7. The van der Waals surface area contributed by atoms with Crippen LogP contribution in [0.3, 0.4) is 0 Å². The fourth-order valence-corrected chi connectivity index (χ4v) is 5.29. The molecule has 0 bridgehead atoms. The normalized spacial score (nSPS) is 42.9. The number of aliphatic hydroxyl groups excluding tert-OH is 6. The summed E-state index contributed by atoms with van der Waals surface area (Å²) in [6.45, 7) is 6.64. The Hall–Kier alpha value is -0.700. The fourth-order valence-electron chi connectivity index (χ4n) is 5.29. The van der Waals surface area contributed by atoms with E-state index in [2.05, 4.69) is 13.8 Å². The second kappa shape index (κ2) is 11.4. The second-order valence-corrected chi connectivity index (χ2v) is 10.9. The molecule has 2 fully saturated rings. The largest absolute Gasteiger partial charge is 0.393 e. The zero-order valence-electron chi connectivity index (χ0n) is 20.9. The Kier molecular flexibility index (Phi) is 9.37. The Morgan fingerprint density at radius 3 is 2.34 bits per heavy atom. The van der Waals surface area contributed by atoms with Crippen LogP contribution in [0.4, 0.5) is 0 Å². The summed E-state index contributed by atoms with van der Waals surface area (Å²) >= 11 is 0. The van der Waals surface area contributed by atoms with Crippen molar-refractivity contribution in [3.05, 3.63) is 11.1 Å². The molecule has 2 aliphatic heterocycles. The van der Waals surface area contributed by atoms with Crippen molar-refractivity contribution < 1.29 is 54.7 Å². The van der Waals surface area contributed by atoms with E-state index < -0.39 is 55.3 Å². The van der Waals surface area contributed by atoms with Crippen LogP contribution in [0.25, 0.3) is 0 Å². The average Bonchev–Trinajstić information content (AvgIpc) is 3.06. The molecule has 3 rings (SSSR count). The van der Waals surface area contributed by atoms with Gasteiger partial charge < -0.3 is 54.7 Å². The van der Waals surface area contributed by atoms with Gasteiger partial charge in [0.25, 0.3) is 0 Å². The van der Waals surface area contributed by atoms with Crippen LogP contribution in [0, 0.1) is 5.41 Å². The molecule has 0 aromatic carbocycles. The van der Waals surface area contributed by atoms with Gasteiger partial charge in [0.05, 0.1) is 32.0 Å². The van der Waals surface area contributed by atoms with Crippen LogP contribution < -0.4 is 0 Å². The van der Waals surface area contributed by atoms with E-state index in [0.717, 1.165) is 12.0 Å². The number of hydrogen-bond acceptors (Lipinski definition) is 11. The third kappa shape index (κ3) is 6.42. The zero-order valence-corrected chi connectivity index (χ0v) is 20.9. The molecule has 0 aromatic rings. The van der Waals surface area contributed by atoms with Gasteiger partial charge in [-0.25, -0.2) is 0 Å². The molecule has 2 heterocycles. The van der Waals surface area contributed by atoms with E-state index in [9.17, 15) is 35.7 Å². The maximum atomic E-state index is 10.5. The Labute approximate surface area is 205 Å². The topological polar surface area (TPSA) is 179 Å². The van der Waals surface area contributed by atoms with Gasteiger partial charge in [-0.05, 0) is 44.9 Å². The first-order valence-electron chi connectivity index (χ1n) is 12.3. The molecule has 35 heavy (non-hydrogen) atoms. The third-order valence-corrected chi connectivity index (χ3v) is 7.42. The minimum absolute atomic E-state index is 0.193. The molecule has 2 saturated heterocycles.